The zero-order valence-corrected chi connectivity index (χ0v) is 12.3. The van der Waals surface area contributed by atoms with Gasteiger partial charge in [0.1, 0.15) is 6.54 Å². The number of carbonyl (C=O) groups excluding carboxylic acids is 2. The Balaban J connectivity index is 2.99. The molecule has 1 aromatic rings. The Labute approximate surface area is 118 Å². The fraction of sp³-hybridized carbons (Fsp3) is 0.429. The number of hydrogen-bond acceptors (Lipinski definition) is 3. The summed E-state index contributed by atoms with van der Waals surface area (Å²) in [6.45, 7) is 5.48. The zero-order chi connectivity index (χ0) is 14.6. The Morgan fingerprint density at radius 3 is 2.47 bits per heavy atom. The summed E-state index contributed by atoms with van der Waals surface area (Å²) in [5.74, 6) is -0.678. The van der Waals surface area contributed by atoms with Crippen molar-refractivity contribution in [2.45, 2.75) is 26.8 Å². The molecule has 0 aliphatic carbocycles. The standard InChI is InChI=1S/C14H18ClNO3/c1-9(2)16(8-13(17)19-4)14(18)11-6-5-10(3)12(15)7-11/h5-7,9H,8H2,1-4H3. The average Bonchev–Trinajstić information content (AvgIpc) is 2.37. The van der Waals surface area contributed by atoms with Crippen molar-refractivity contribution in [3.8, 4) is 0 Å². The summed E-state index contributed by atoms with van der Waals surface area (Å²) < 4.78 is 4.60. The molecule has 0 heterocycles. The first-order valence-corrected chi connectivity index (χ1v) is 6.38. The van der Waals surface area contributed by atoms with Gasteiger partial charge in [-0.1, -0.05) is 17.7 Å². The molecule has 0 N–H and O–H groups in total. The Kier molecular flexibility index (Phi) is 5.36. The lowest BCUT2D eigenvalue weighted by atomic mass is 10.1. The minimum absolute atomic E-state index is 0.0709. The predicted molar refractivity (Wildman–Crippen MR) is 74.4 cm³/mol. The first-order valence-electron chi connectivity index (χ1n) is 6.00. The molecule has 0 unspecified atom stereocenters. The van der Waals surface area contributed by atoms with Crippen molar-refractivity contribution in [2.24, 2.45) is 0 Å². The van der Waals surface area contributed by atoms with Gasteiger partial charge in [0.05, 0.1) is 7.11 Å². The molecule has 0 saturated heterocycles. The summed E-state index contributed by atoms with van der Waals surface area (Å²) in [5.41, 5.74) is 1.37. The quantitative estimate of drug-likeness (QED) is 0.798. The van der Waals surface area contributed by atoms with Gasteiger partial charge in [-0.05, 0) is 38.5 Å². The molecule has 0 radical (unpaired) electrons. The van der Waals surface area contributed by atoms with Crippen molar-refractivity contribution in [3.63, 3.8) is 0 Å². The fourth-order valence-corrected chi connectivity index (χ4v) is 1.76. The van der Waals surface area contributed by atoms with Crippen molar-refractivity contribution in [3.05, 3.63) is 34.3 Å². The van der Waals surface area contributed by atoms with Gasteiger partial charge < -0.3 is 9.64 Å². The van der Waals surface area contributed by atoms with Crippen LogP contribution in [-0.4, -0.2) is 36.5 Å². The number of nitrogens with zero attached hydrogens (tertiary/aromatic N) is 1. The minimum atomic E-state index is -0.444. The molecule has 0 aromatic heterocycles. The van der Waals surface area contributed by atoms with Crippen LogP contribution < -0.4 is 0 Å². The molecule has 0 aliphatic heterocycles. The highest BCUT2D eigenvalue weighted by molar-refractivity contribution is 6.31. The number of rotatable bonds is 4. The Bertz CT molecular complexity index is 486. The molecule has 1 aromatic carbocycles. The number of benzene rings is 1. The third-order valence-corrected chi connectivity index (χ3v) is 3.24. The smallest absolute Gasteiger partial charge is 0.325 e. The maximum atomic E-state index is 12.4. The molecule has 0 aliphatic rings. The Hall–Kier alpha value is -1.55. The van der Waals surface area contributed by atoms with E-state index in [2.05, 4.69) is 4.74 Å². The molecular formula is C14H18ClNO3. The zero-order valence-electron chi connectivity index (χ0n) is 11.6. The number of ether oxygens (including phenoxy) is 1. The highest BCUT2D eigenvalue weighted by Gasteiger charge is 2.22. The minimum Gasteiger partial charge on any atom is -0.468 e. The van der Waals surface area contributed by atoms with Gasteiger partial charge in [0.15, 0.2) is 0 Å². The molecule has 1 rings (SSSR count). The summed E-state index contributed by atoms with van der Waals surface area (Å²) in [4.78, 5) is 25.2. The second-order valence-corrected chi connectivity index (χ2v) is 4.97. The lowest BCUT2D eigenvalue weighted by molar-refractivity contribution is -0.141. The van der Waals surface area contributed by atoms with E-state index in [1.165, 1.54) is 12.0 Å². The van der Waals surface area contributed by atoms with Crippen LogP contribution in [0.3, 0.4) is 0 Å². The maximum absolute atomic E-state index is 12.4. The van der Waals surface area contributed by atoms with Crippen molar-refractivity contribution in [1.82, 2.24) is 4.90 Å². The van der Waals surface area contributed by atoms with E-state index in [4.69, 9.17) is 11.6 Å². The largest absolute Gasteiger partial charge is 0.468 e. The normalized spacial score (nSPS) is 10.4. The lowest BCUT2D eigenvalue weighted by Gasteiger charge is -2.25. The molecular weight excluding hydrogens is 266 g/mol. The third-order valence-electron chi connectivity index (χ3n) is 2.83. The number of aryl methyl sites for hydroxylation is 1. The second-order valence-electron chi connectivity index (χ2n) is 4.57. The Morgan fingerprint density at radius 2 is 2.00 bits per heavy atom. The second kappa shape index (κ2) is 6.57. The van der Waals surface area contributed by atoms with Crippen LogP contribution in [0.5, 0.6) is 0 Å². The number of amides is 1. The summed E-state index contributed by atoms with van der Waals surface area (Å²) in [7, 11) is 1.30. The number of carbonyl (C=O) groups is 2. The van der Waals surface area contributed by atoms with Gasteiger partial charge in [0.25, 0.3) is 5.91 Å². The van der Waals surface area contributed by atoms with Gasteiger partial charge in [-0.25, -0.2) is 0 Å². The van der Waals surface area contributed by atoms with Crippen LogP contribution in [-0.2, 0) is 9.53 Å². The van der Waals surface area contributed by atoms with Crippen molar-refractivity contribution >= 4 is 23.5 Å². The van der Waals surface area contributed by atoms with Gasteiger partial charge in [0.2, 0.25) is 0 Å². The number of methoxy groups -OCH3 is 1. The summed E-state index contributed by atoms with van der Waals surface area (Å²) >= 11 is 6.01. The van der Waals surface area contributed by atoms with E-state index in [1.807, 2.05) is 20.8 Å². The molecule has 5 heteroatoms. The van der Waals surface area contributed by atoms with Crippen LogP contribution in [0.2, 0.25) is 5.02 Å². The molecule has 0 bridgehead atoms. The Morgan fingerprint density at radius 1 is 1.37 bits per heavy atom. The maximum Gasteiger partial charge on any atom is 0.325 e. The van der Waals surface area contributed by atoms with Gasteiger partial charge in [-0.2, -0.15) is 0 Å². The van der Waals surface area contributed by atoms with Crippen molar-refractivity contribution in [1.29, 1.82) is 0 Å². The van der Waals surface area contributed by atoms with E-state index in [1.54, 1.807) is 18.2 Å². The number of halogens is 1. The van der Waals surface area contributed by atoms with Crippen LogP contribution in [0.4, 0.5) is 0 Å². The third kappa shape index (κ3) is 3.96. The average molecular weight is 284 g/mol. The van der Waals surface area contributed by atoms with Gasteiger partial charge >= 0.3 is 5.97 Å². The van der Waals surface area contributed by atoms with Gasteiger partial charge in [-0.3, -0.25) is 9.59 Å². The van der Waals surface area contributed by atoms with Crippen LogP contribution in [0.15, 0.2) is 18.2 Å². The van der Waals surface area contributed by atoms with E-state index in [0.717, 1.165) is 5.56 Å². The molecule has 104 valence electrons. The summed E-state index contributed by atoms with van der Waals surface area (Å²) in [5, 5.41) is 0.535. The van der Waals surface area contributed by atoms with Crippen LogP contribution in [0, 0.1) is 6.92 Å². The van der Waals surface area contributed by atoms with Crippen LogP contribution >= 0.6 is 11.6 Å². The molecule has 0 spiro atoms. The fourth-order valence-electron chi connectivity index (χ4n) is 1.58. The predicted octanol–water partition coefficient (Wildman–Crippen LogP) is 2.67. The molecule has 0 fully saturated rings. The lowest BCUT2D eigenvalue weighted by Crippen LogP contribution is -2.41. The molecule has 4 nitrogen and oxygen atoms in total. The van der Waals surface area contributed by atoms with E-state index >= 15 is 0 Å². The first-order chi connectivity index (χ1) is 8.86. The molecule has 1 amide bonds. The van der Waals surface area contributed by atoms with Crippen LogP contribution in [0.25, 0.3) is 0 Å². The van der Waals surface area contributed by atoms with E-state index < -0.39 is 5.97 Å². The summed E-state index contributed by atoms with van der Waals surface area (Å²) in [6.07, 6.45) is 0. The van der Waals surface area contributed by atoms with Crippen LogP contribution in [0.1, 0.15) is 29.8 Å². The van der Waals surface area contributed by atoms with Crippen molar-refractivity contribution in [2.75, 3.05) is 13.7 Å². The highest BCUT2D eigenvalue weighted by atomic mass is 35.5. The number of hydrogen-bond donors (Lipinski definition) is 0. The SMILES string of the molecule is COC(=O)CN(C(=O)c1ccc(C)c(Cl)c1)C(C)C. The van der Waals surface area contributed by atoms with Crippen molar-refractivity contribution < 1.29 is 14.3 Å². The topological polar surface area (TPSA) is 46.6 Å². The molecule has 0 atom stereocenters. The van der Waals surface area contributed by atoms with E-state index in [0.29, 0.717) is 10.6 Å². The van der Waals surface area contributed by atoms with Gasteiger partial charge in [0, 0.05) is 16.6 Å². The molecule has 19 heavy (non-hydrogen) atoms. The van der Waals surface area contributed by atoms with E-state index in [-0.39, 0.29) is 18.5 Å². The number of esters is 1. The van der Waals surface area contributed by atoms with Gasteiger partial charge in [-0.15, -0.1) is 0 Å². The highest BCUT2D eigenvalue weighted by Crippen LogP contribution is 2.18. The monoisotopic (exact) mass is 283 g/mol. The first kappa shape index (κ1) is 15.5. The molecule has 0 saturated carbocycles. The summed E-state index contributed by atoms with van der Waals surface area (Å²) in [6, 6.07) is 5.00. The van der Waals surface area contributed by atoms with E-state index in [9.17, 15) is 9.59 Å².